The molecule has 1 N–H and O–H groups in total. The van der Waals surface area contributed by atoms with E-state index in [1.807, 2.05) is 30.3 Å². The van der Waals surface area contributed by atoms with Gasteiger partial charge in [-0.1, -0.05) is 36.4 Å². The number of amides is 1. The average molecular weight is 377 g/mol. The third-order valence-electron chi connectivity index (χ3n) is 4.55. The Morgan fingerprint density at radius 3 is 2.26 bits per heavy atom. The van der Waals surface area contributed by atoms with Crippen LogP contribution >= 0.6 is 0 Å². The van der Waals surface area contributed by atoms with Crippen molar-refractivity contribution in [1.29, 1.82) is 0 Å². The second kappa shape index (κ2) is 8.54. The first-order valence-electron chi connectivity index (χ1n) is 8.86. The molecule has 1 saturated heterocycles. The van der Waals surface area contributed by atoms with Crippen molar-refractivity contribution in [2.45, 2.75) is 12.7 Å². The maximum atomic E-state index is 12.8. The van der Waals surface area contributed by atoms with Crippen LogP contribution in [0.15, 0.2) is 54.6 Å². The predicted molar refractivity (Wildman–Crippen MR) is 98.2 cm³/mol. The van der Waals surface area contributed by atoms with Crippen molar-refractivity contribution in [1.82, 2.24) is 9.80 Å². The molecule has 0 bridgehead atoms. The lowest BCUT2D eigenvalue weighted by Crippen LogP contribution is -2.48. The van der Waals surface area contributed by atoms with Crippen LogP contribution in [0.5, 0.6) is 0 Å². The number of alkyl halides is 3. The van der Waals surface area contributed by atoms with Crippen LogP contribution in [0.4, 0.5) is 18.9 Å². The van der Waals surface area contributed by atoms with Gasteiger partial charge in [0, 0.05) is 38.4 Å². The number of rotatable bonds is 5. The van der Waals surface area contributed by atoms with Gasteiger partial charge in [-0.15, -0.1) is 0 Å². The molecule has 3 rings (SSSR count). The zero-order chi connectivity index (χ0) is 19.3. The molecule has 0 atom stereocenters. The van der Waals surface area contributed by atoms with Crippen molar-refractivity contribution in [2.75, 3.05) is 38.0 Å². The second-order valence-electron chi connectivity index (χ2n) is 6.66. The fraction of sp³-hybridized carbons (Fsp3) is 0.350. The van der Waals surface area contributed by atoms with Gasteiger partial charge in [0.25, 0.3) is 0 Å². The number of piperazine rings is 1. The van der Waals surface area contributed by atoms with E-state index in [0.29, 0.717) is 31.7 Å². The van der Waals surface area contributed by atoms with Gasteiger partial charge >= 0.3 is 6.18 Å². The molecule has 2 aromatic rings. The summed E-state index contributed by atoms with van der Waals surface area (Å²) in [4.78, 5) is 16.3. The molecule has 0 unspecified atom stereocenters. The highest BCUT2D eigenvalue weighted by Gasteiger charge is 2.30. The van der Waals surface area contributed by atoms with Crippen molar-refractivity contribution in [3.05, 3.63) is 65.7 Å². The molecular weight excluding hydrogens is 355 g/mol. The van der Waals surface area contributed by atoms with Crippen LogP contribution in [0.25, 0.3) is 0 Å². The van der Waals surface area contributed by atoms with Gasteiger partial charge in [0.15, 0.2) is 0 Å². The minimum absolute atomic E-state index is 0.0625. The number of halogens is 3. The minimum Gasteiger partial charge on any atom is -0.325 e. The Kier molecular flexibility index (Phi) is 6.13. The summed E-state index contributed by atoms with van der Waals surface area (Å²) in [5, 5.41) is 2.86. The van der Waals surface area contributed by atoms with Gasteiger partial charge in [-0.2, -0.15) is 13.2 Å². The number of hydrogen-bond donors (Lipinski definition) is 1. The summed E-state index contributed by atoms with van der Waals surface area (Å²) >= 11 is 0. The van der Waals surface area contributed by atoms with Gasteiger partial charge in [0.05, 0.1) is 12.1 Å². The zero-order valence-corrected chi connectivity index (χ0v) is 14.9. The Morgan fingerprint density at radius 2 is 1.59 bits per heavy atom. The van der Waals surface area contributed by atoms with E-state index >= 15 is 0 Å². The summed E-state index contributed by atoms with van der Waals surface area (Å²) < 4.78 is 38.5. The molecule has 2 aromatic carbocycles. The topological polar surface area (TPSA) is 35.6 Å². The number of anilines is 1. The third kappa shape index (κ3) is 5.80. The first kappa shape index (κ1) is 19.4. The number of benzene rings is 2. The Balaban J connectivity index is 1.46. The van der Waals surface area contributed by atoms with Crippen LogP contribution in [-0.4, -0.2) is 48.4 Å². The molecule has 1 aliphatic heterocycles. The van der Waals surface area contributed by atoms with Gasteiger partial charge in [0.1, 0.15) is 0 Å². The molecule has 0 radical (unpaired) electrons. The van der Waals surface area contributed by atoms with Gasteiger partial charge in [-0.3, -0.25) is 14.6 Å². The van der Waals surface area contributed by atoms with Crippen LogP contribution < -0.4 is 5.32 Å². The number of carbonyl (C=O) groups is 1. The number of nitrogens with one attached hydrogen (secondary N) is 1. The van der Waals surface area contributed by atoms with E-state index in [9.17, 15) is 18.0 Å². The first-order chi connectivity index (χ1) is 12.9. The molecule has 0 aromatic heterocycles. The normalized spacial score (nSPS) is 16.3. The summed E-state index contributed by atoms with van der Waals surface area (Å²) in [6.07, 6.45) is -4.32. The molecule has 27 heavy (non-hydrogen) atoms. The molecule has 7 heteroatoms. The summed E-state index contributed by atoms with van der Waals surface area (Å²) in [5.74, 6) is -0.0625. The van der Waals surface area contributed by atoms with Crippen LogP contribution in [0, 0.1) is 0 Å². The van der Waals surface area contributed by atoms with E-state index in [1.165, 1.54) is 12.1 Å². The van der Waals surface area contributed by atoms with Crippen molar-refractivity contribution in [3.8, 4) is 0 Å². The quantitative estimate of drug-likeness (QED) is 0.867. The van der Waals surface area contributed by atoms with Crippen molar-refractivity contribution < 1.29 is 18.0 Å². The van der Waals surface area contributed by atoms with E-state index < -0.39 is 11.7 Å². The Labute approximate surface area is 156 Å². The van der Waals surface area contributed by atoms with E-state index in [0.717, 1.165) is 24.8 Å². The molecule has 1 amide bonds. The number of nitrogens with zero attached hydrogens (tertiary/aromatic N) is 2. The molecule has 1 aliphatic rings. The molecule has 1 fully saturated rings. The standard InChI is InChI=1S/C20H22F3N3O/c21-20(22,23)17-6-4-5-16(13-17)14-25-9-11-26(12-10-25)15-19(27)24-18-7-2-1-3-8-18/h1-8,13H,9-12,14-15H2,(H,24,27). The van der Waals surface area contributed by atoms with Gasteiger partial charge in [-0.25, -0.2) is 0 Å². The van der Waals surface area contributed by atoms with E-state index in [-0.39, 0.29) is 5.91 Å². The van der Waals surface area contributed by atoms with E-state index in [4.69, 9.17) is 0 Å². The lowest BCUT2D eigenvalue weighted by atomic mass is 10.1. The van der Waals surface area contributed by atoms with Gasteiger partial charge in [0.2, 0.25) is 5.91 Å². The van der Waals surface area contributed by atoms with Crippen LogP contribution in [0.3, 0.4) is 0 Å². The van der Waals surface area contributed by atoms with E-state index in [2.05, 4.69) is 15.1 Å². The second-order valence-corrected chi connectivity index (χ2v) is 6.66. The molecule has 0 spiro atoms. The Morgan fingerprint density at radius 1 is 0.926 bits per heavy atom. The molecule has 1 heterocycles. The van der Waals surface area contributed by atoms with Crippen LogP contribution in [0.2, 0.25) is 0 Å². The molecule has 0 aliphatic carbocycles. The Bertz CT molecular complexity index is 757. The molecule has 4 nitrogen and oxygen atoms in total. The molecule has 144 valence electrons. The highest BCUT2D eigenvalue weighted by molar-refractivity contribution is 5.92. The SMILES string of the molecule is O=C(CN1CCN(Cc2cccc(C(F)(F)F)c2)CC1)Nc1ccccc1. The summed E-state index contributed by atoms with van der Waals surface area (Å²) in [6, 6.07) is 14.8. The zero-order valence-electron chi connectivity index (χ0n) is 14.9. The fourth-order valence-electron chi connectivity index (χ4n) is 3.13. The lowest BCUT2D eigenvalue weighted by Gasteiger charge is -2.34. The highest BCUT2D eigenvalue weighted by Crippen LogP contribution is 2.29. The minimum atomic E-state index is -4.32. The summed E-state index contributed by atoms with van der Waals surface area (Å²) in [5.41, 5.74) is 0.807. The number of carbonyl (C=O) groups excluding carboxylic acids is 1. The monoisotopic (exact) mass is 377 g/mol. The Hall–Kier alpha value is -2.38. The fourth-order valence-corrected chi connectivity index (χ4v) is 3.13. The lowest BCUT2D eigenvalue weighted by molar-refractivity contribution is -0.137. The average Bonchev–Trinajstić information content (AvgIpc) is 2.64. The van der Waals surface area contributed by atoms with E-state index in [1.54, 1.807) is 6.07 Å². The highest BCUT2D eigenvalue weighted by atomic mass is 19.4. The number of para-hydroxylation sites is 1. The van der Waals surface area contributed by atoms with Crippen LogP contribution in [-0.2, 0) is 17.5 Å². The third-order valence-corrected chi connectivity index (χ3v) is 4.55. The maximum absolute atomic E-state index is 12.8. The maximum Gasteiger partial charge on any atom is 0.416 e. The summed E-state index contributed by atoms with van der Waals surface area (Å²) in [6.45, 7) is 3.65. The van der Waals surface area contributed by atoms with Crippen LogP contribution in [0.1, 0.15) is 11.1 Å². The van der Waals surface area contributed by atoms with Gasteiger partial charge < -0.3 is 5.32 Å². The smallest absolute Gasteiger partial charge is 0.325 e. The molecule has 0 saturated carbocycles. The number of hydrogen-bond acceptors (Lipinski definition) is 3. The van der Waals surface area contributed by atoms with Gasteiger partial charge in [-0.05, 0) is 23.8 Å². The summed E-state index contributed by atoms with van der Waals surface area (Å²) in [7, 11) is 0. The molecular formula is C20H22F3N3O. The van der Waals surface area contributed by atoms with Crippen molar-refractivity contribution >= 4 is 11.6 Å². The van der Waals surface area contributed by atoms with Crippen molar-refractivity contribution in [3.63, 3.8) is 0 Å². The largest absolute Gasteiger partial charge is 0.416 e. The predicted octanol–water partition coefficient (Wildman–Crippen LogP) is 3.46. The first-order valence-corrected chi connectivity index (χ1v) is 8.86. The van der Waals surface area contributed by atoms with Crippen molar-refractivity contribution in [2.24, 2.45) is 0 Å².